The van der Waals surface area contributed by atoms with E-state index in [0.717, 1.165) is 56.1 Å². The molecular weight excluding hydrogens is 535 g/mol. The van der Waals surface area contributed by atoms with Crippen molar-refractivity contribution in [3.05, 3.63) is 61.9 Å². The third-order valence-corrected chi connectivity index (χ3v) is 6.77. The fraction of sp³-hybridized carbons (Fsp3) is 0.385. The number of amides is 1. The second-order valence-corrected chi connectivity index (χ2v) is 9.64. The molecule has 0 spiro atoms. The fourth-order valence-electron chi connectivity index (χ4n) is 4.13. The van der Waals surface area contributed by atoms with Crippen molar-refractivity contribution in [2.24, 2.45) is 5.92 Å². The highest BCUT2D eigenvalue weighted by atomic mass is 35.5. The number of nitro groups is 1. The smallest absolute Gasteiger partial charge is 0.315 e. The molecule has 1 heterocycles. The number of ether oxygens (including phenoxy) is 2. The summed E-state index contributed by atoms with van der Waals surface area (Å²) >= 11 is 6.31. The summed E-state index contributed by atoms with van der Waals surface area (Å²) in [6.07, 6.45) is 1.93. The largest absolute Gasteiger partial charge is 0.506 e. The second kappa shape index (κ2) is 12.6. The highest BCUT2D eigenvalue weighted by Gasteiger charge is 2.26. The summed E-state index contributed by atoms with van der Waals surface area (Å²) in [5, 5.41) is 41.6. The Bertz CT molecular complexity index is 1340. The van der Waals surface area contributed by atoms with Crippen LogP contribution < -0.4 is 9.47 Å². The standard InChI is InChI=1S/C26H28ClFN4O7/c1-30-6-4-15(5-7-30)14-39-22-11-20(28)17(8-19(22)27)13-31(2)26(35)18(12-29)24(33)16-9-21(32(36)37)25(34)23(10-16)38-3/h8-11,15,33-34H,4-7,13-14H2,1-3H3/b24-18-. The number of aromatic hydroxyl groups is 1. The number of likely N-dealkylation sites (tertiary alicyclic amines) is 1. The first-order valence-electron chi connectivity index (χ1n) is 11.9. The van der Waals surface area contributed by atoms with Crippen molar-refractivity contribution >= 4 is 29.0 Å². The fourth-order valence-corrected chi connectivity index (χ4v) is 4.37. The van der Waals surface area contributed by atoms with E-state index in [9.17, 15) is 34.8 Å². The molecule has 0 bridgehead atoms. The van der Waals surface area contributed by atoms with Crippen molar-refractivity contribution in [1.82, 2.24) is 9.80 Å². The summed E-state index contributed by atoms with van der Waals surface area (Å²) in [6.45, 7) is 2.01. The number of carbonyl (C=O) groups excluding carboxylic acids is 1. The van der Waals surface area contributed by atoms with Gasteiger partial charge in [-0.15, -0.1) is 0 Å². The number of aliphatic hydroxyl groups is 1. The van der Waals surface area contributed by atoms with E-state index in [1.807, 2.05) is 0 Å². The van der Waals surface area contributed by atoms with Gasteiger partial charge in [0.25, 0.3) is 5.91 Å². The predicted molar refractivity (Wildman–Crippen MR) is 140 cm³/mol. The summed E-state index contributed by atoms with van der Waals surface area (Å²) in [6, 6.07) is 5.87. The minimum absolute atomic E-state index is 0.0428. The lowest BCUT2D eigenvalue weighted by Crippen LogP contribution is -2.32. The Balaban J connectivity index is 1.79. The number of piperidine rings is 1. The number of aliphatic hydroxyl groups excluding tert-OH is 1. The monoisotopic (exact) mass is 562 g/mol. The summed E-state index contributed by atoms with van der Waals surface area (Å²) in [5.74, 6) is -3.16. The van der Waals surface area contributed by atoms with Crippen LogP contribution in [-0.4, -0.2) is 71.7 Å². The number of nitro benzene ring substituents is 1. The number of nitriles is 1. The molecule has 2 N–H and O–H groups in total. The van der Waals surface area contributed by atoms with E-state index in [1.165, 1.54) is 13.1 Å². The maximum atomic E-state index is 14.9. The number of hydrogen-bond acceptors (Lipinski definition) is 9. The zero-order valence-corrected chi connectivity index (χ0v) is 22.4. The van der Waals surface area contributed by atoms with E-state index in [0.29, 0.717) is 12.5 Å². The molecule has 0 radical (unpaired) electrons. The van der Waals surface area contributed by atoms with Crippen molar-refractivity contribution in [3.8, 4) is 23.3 Å². The van der Waals surface area contributed by atoms with E-state index in [2.05, 4.69) is 11.9 Å². The minimum Gasteiger partial charge on any atom is -0.506 e. The highest BCUT2D eigenvalue weighted by Crippen LogP contribution is 2.39. The highest BCUT2D eigenvalue weighted by molar-refractivity contribution is 6.32. The van der Waals surface area contributed by atoms with Gasteiger partial charge in [-0.3, -0.25) is 14.9 Å². The first kappa shape index (κ1) is 29.5. The van der Waals surface area contributed by atoms with Crippen LogP contribution in [0.3, 0.4) is 0 Å². The number of benzene rings is 2. The molecule has 0 atom stereocenters. The molecule has 0 unspecified atom stereocenters. The lowest BCUT2D eigenvalue weighted by molar-refractivity contribution is -0.386. The van der Waals surface area contributed by atoms with Gasteiger partial charge in [-0.05, 0) is 51.0 Å². The Morgan fingerprint density at radius 2 is 1.97 bits per heavy atom. The Morgan fingerprint density at radius 3 is 2.56 bits per heavy atom. The van der Waals surface area contributed by atoms with Gasteiger partial charge in [-0.25, -0.2) is 4.39 Å². The van der Waals surface area contributed by atoms with Crippen molar-refractivity contribution in [2.45, 2.75) is 19.4 Å². The van der Waals surface area contributed by atoms with Crippen LogP contribution in [0.15, 0.2) is 29.8 Å². The number of nitrogens with zero attached hydrogens (tertiary/aromatic N) is 4. The molecule has 3 rings (SSSR count). The first-order valence-corrected chi connectivity index (χ1v) is 12.3. The number of hydrogen-bond donors (Lipinski definition) is 2. The molecule has 0 aromatic heterocycles. The lowest BCUT2D eigenvalue weighted by atomic mass is 9.98. The molecule has 1 aliphatic rings. The van der Waals surface area contributed by atoms with Crippen LogP contribution in [0.25, 0.3) is 5.76 Å². The predicted octanol–water partition coefficient (Wildman–Crippen LogP) is 4.27. The van der Waals surface area contributed by atoms with E-state index in [1.54, 1.807) is 6.07 Å². The SMILES string of the molecule is COc1cc(/C(O)=C(\C#N)C(=O)N(C)Cc2cc(Cl)c(OCC3CCN(C)CC3)cc2F)cc([N+](=O)[O-])c1O. The lowest BCUT2D eigenvalue weighted by Gasteiger charge is -2.28. The number of phenolic OH excluding ortho intramolecular Hbond substituents is 1. The van der Waals surface area contributed by atoms with Crippen LogP contribution in [0.1, 0.15) is 24.0 Å². The molecule has 0 aliphatic carbocycles. The Kier molecular flexibility index (Phi) is 9.56. The molecule has 0 saturated carbocycles. The summed E-state index contributed by atoms with van der Waals surface area (Å²) in [5.41, 5.74) is -1.83. The number of likely N-dealkylation sites (N-methyl/N-ethyl adjacent to an activating group) is 1. The van der Waals surface area contributed by atoms with Crippen LogP contribution in [0.4, 0.5) is 10.1 Å². The van der Waals surface area contributed by atoms with Crippen molar-refractivity contribution < 1.29 is 33.8 Å². The van der Waals surface area contributed by atoms with Gasteiger partial charge in [0.05, 0.1) is 23.7 Å². The third-order valence-electron chi connectivity index (χ3n) is 6.48. The van der Waals surface area contributed by atoms with Gasteiger partial charge in [-0.1, -0.05) is 11.6 Å². The van der Waals surface area contributed by atoms with E-state index >= 15 is 0 Å². The van der Waals surface area contributed by atoms with E-state index in [-0.39, 0.29) is 34.2 Å². The Hall–Kier alpha value is -4.08. The van der Waals surface area contributed by atoms with Crippen LogP contribution in [0, 0.1) is 33.2 Å². The quantitative estimate of drug-likeness (QED) is 0.150. The number of methoxy groups -OCH3 is 1. The van der Waals surface area contributed by atoms with Crippen LogP contribution in [0.2, 0.25) is 5.02 Å². The average molecular weight is 563 g/mol. The maximum Gasteiger partial charge on any atom is 0.315 e. The summed E-state index contributed by atoms with van der Waals surface area (Å²) < 4.78 is 25.6. The van der Waals surface area contributed by atoms with E-state index < -0.39 is 39.4 Å². The van der Waals surface area contributed by atoms with Crippen LogP contribution >= 0.6 is 11.6 Å². The van der Waals surface area contributed by atoms with Crippen LogP contribution in [-0.2, 0) is 11.3 Å². The summed E-state index contributed by atoms with van der Waals surface area (Å²) in [7, 11) is 4.47. The second-order valence-electron chi connectivity index (χ2n) is 9.23. The molecule has 11 nitrogen and oxygen atoms in total. The maximum absolute atomic E-state index is 14.9. The number of rotatable bonds is 9. The van der Waals surface area contributed by atoms with Gasteiger partial charge in [0.1, 0.15) is 23.4 Å². The molecule has 1 fully saturated rings. The van der Waals surface area contributed by atoms with Gasteiger partial charge < -0.3 is 29.5 Å². The van der Waals surface area contributed by atoms with E-state index in [4.69, 9.17) is 21.1 Å². The first-order chi connectivity index (χ1) is 18.5. The molecule has 1 aliphatic heterocycles. The molecule has 2 aromatic carbocycles. The van der Waals surface area contributed by atoms with Crippen molar-refractivity contribution in [3.63, 3.8) is 0 Å². The van der Waals surface area contributed by atoms with Gasteiger partial charge >= 0.3 is 5.69 Å². The molecule has 39 heavy (non-hydrogen) atoms. The molecule has 2 aromatic rings. The average Bonchev–Trinajstić information content (AvgIpc) is 2.90. The third kappa shape index (κ3) is 6.87. The van der Waals surface area contributed by atoms with Crippen molar-refractivity contribution in [2.75, 3.05) is 40.9 Å². The molecule has 1 saturated heterocycles. The molecule has 208 valence electrons. The van der Waals surface area contributed by atoms with Gasteiger partial charge in [0.15, 0.2) is 11.3 Å². The topological polar surface area (TPSA) is 149 Å². The summed E-state index contributed by atoms with van der Waals surface area (Å²) in [4.78, 5) is 26.5. The number of phenols is 1. The van der Waals surface area contributed by atoms with Crippen LogP contribution in [0.5, 0.6) is 17.2 Å². The number of halogens is 2. The van der Waals surface area contributed by atoms with Gasteiger partial charge in [0, 0.05) is 36.9 Å². The zero-order chi connectivity index (χ0) is 28.9. The van der Waals surface area contributed by atoms with Gasteiger partial charge in [0.2, 0.25) is 5.75 Å². The normalized spacial score (nSPS) is 14.8. The van der Waals surface area contributed by atoms with Gasteiger partial charge in [-0.2, -0.15) is 5.26 Å². The Morgan fingerprint density at radius 1 is 1.31 bits per heavy atom. The zero-order valence-electron chi connectivity index (χ0n) is 21.6. The molecule has 1 amide bonds. The Labute approximate surface area is 229 Å². The minimum atomic E-state index is -0.984. The van der Waals surface area contributed by atoms with Crippen molar-refractivity contribution in [1.29, 1.82) is 5.26 Å². The molecule has 13 heteroatoms. The molecular formula is C26H28ClFN4O7. The number of carbonyl (C=O) groups is 1.